The van der Waals surface area contributed by atoms with Crippen molar-refractivity contribution in [1.82, 2.24) is 10.2 Å². The molecule has 2 aliphatic heterocycles. The average Bonchev–Trinajstić information content (AvgIpc) is 2.47. The van der Waals surface area contributed by atoms with Gasteiger partial charge in [-0.1, -0.05) is 0 Å². The van der Waals surface area contributed by atoms with E-state index >= 15 is 0 Å². The molecule has 0 amide bonds. The highest BCUT2D eigenvalue weighted by Crippen LogP contribution is 2.25. The van der Waals surface area contributed by atoms with Gasteiger partial charge in [0.25, 0.3) is 0 Å². The Kier molecular flexibility index (Phi) is 8.47. The van der Waals surface area contributed by atoms with Crippen LogP contribution in [0.15, 0.2) is 4.99 Å². The molecule has 2 saturated heterocycles. The maximum atomic E-state index is 12.1. The topological polar surface area (TPSA) is 61.8 Å². The lowest BCUT2D eigenvalue weighted by atomic mass is 10.0. The summed E-state index contributed by atoms with van der Waals surface area (Å²) in [7, 11) is -3.00. The number of hydrogen-bond donors (Lipinski definition) is 1. The summed E-state index contributed by atoms with van der Waals surface area (Å²) < 4.78 is 23.6. The van der Waals surface area contributed by atoms with E-state index in [1.54, 1.807) is 0 Å². The zero-order chi connectivity index (χ0) is 16.2. The van der Waals surface area contributed by atoms with Gasteiger partial charge >= 0.3 is 0 Å². The number of halogens is 1. The summed E-state index contributed by atoms with van der Waals surface area (Å²) in [5, 5.41) is 3.33. The molecule has 8 heteroatoms. The molecule has 0 aliphatic carbocycles. The van der Waals surface area contributed by atoms with E-state index in [0.29, 0.717) is 19.0 Å². The smallest absolute Gasteiger partial charge is 0.194 e. The van der Waals surface area contributed by atoms with Crippen molar-refractivity contribution >= 4 is 51.5 Å². The number of rotatable bonds is 3. The second kappa shape index (κ2) is 9.12. The van der Waals surface area contributed by atoms with Crippen molar-refractivity contribution in [3.05, 3.63) is 0 Å². The Morgan fingerprint density at radius 1 is 1.35 bits per heavy atom. The molecule has 0 radical (unpaired) electrons. The molecular weight excluding hydrogens is 445 g/mol. The van der Waals surface area contributed by atoms with Gasteiger partial charge in [-0.25, -0.2) is 8.42 Å². The molecule has 2 rings (SSSR count). The molecule has 23 heavy (non-hydrogen) atoms. The van der Waals surface area contributed by atoms with Crippen molar-refractivity contribution < 1.29 is 8.42 Å². The van der Waals surface area contributed by atoms with Crippen LogP contribution in [-0.2, 0) is 9.84 Å². The van der Waals surface area contributed by atoms with E-state index in [9.17, 15) is 8.42 Å². The Hall–Kier alpha value is 0.300. The fourth-order valence-electron chi connectivity index (χ4n) is 2.89. The van der Waals surface area contributed by atoms with Gasteiger partial charge in [0.2, 0.25) is 0 Å². The molecule has 0 aromatic heterocycles. The van der Waals surface area contributed by atoms with Crippen LogP contribution in [-0.4, -0.2) is 67.5 Å². The molecule has 136 valence electrons. The SMILES string of the molecule is CCNC(=NCC1CCSCC1)N1CCS(=O)(=O)C(C)(C)C1.I. The molecular formula is C15H30IN3O2S2. The van der Waals surface area contributed by atoms with Gasteiger partial charge in [-0.05, 0) is 51.0 Å². The lowest BCUT2D eigenvalue weighted by Crippen LogP contribution is -2.57. The summed E-state index contributed by atoms with van der Waals surface area (Å²) in [6.07, 6.45) is 2.49. The summed E-state index contributed by atoms with van der Waals surface area (Å²) in [5.74, 6) is 4.25. The lowest BCUT2D eigenvalue weighted by Gasteiger charge is -2.39. The second-order valence-electron chi connectivity index (χ2n) is 6.75. The third kappa shape index (κ3) is 5.66. The van der Waals surface area contributed by atoms with Crippen molar-refractivity contribution in [1.29, 1.82) is 0 Å². The largest absolute Gasteiger partial charge is 0.357 e. The van der Waals surface area contributed by atoms with Crippen LogP contribution in [0.25, 0.3) is 0 Å². The molecule has 0 bridgehead atoms. The number of guanidine groups is 1. The van der Waals surface area contributed by atoms with Crippen LogP contribution in [0.5, 0.6) is 0 Å². The number of sulfone groups is 1. The van der Waals surface area contributed by atoms with Gasteiger partial charge in [0.15, 0.2) is 15.8 Å². The Bertz CT molecular complexity index is 503. The van der Waals surface area contributed by atoms with E-state index in [4.69, 9.17) is 4.99 Å². The van der Waals surface area contributed by atoms with Gasteiger partial charge in [-0.15, -0.1) is 24.0 Å². The van der Waals surface area contributed by atoms with Gasteiger partial charge in [0, 0.05) is 26.2 Å². The second-order valence-corrected chi connectivity index (χ2v) is 10.7. The molecule has 2 heterocycles. The number of nitrogens with one attached hydrogen (secondary N) is 1. The third-order valence-corrected chi connectivity index (χ3v) is 8.10. The molecule has 0 saturated carbocycles. The maximum absolute atomic E-state index is 12.1. The van der Waals surface area contributed by atoms with E-state index in [2.05, 4.69) is 17.1 Å². The quantitative estimate of drug-likeness (QED) is 0.386. The summed E-state index contributed by atoms with van der Waals surface area (Å²) in [5.41, 5.74) is 0. The first-order chi connectivity index (χ1) is 10.4. The third-order valence-electron chi connectivity index (χ3n) is 4.52. The fourth-order valence-corrected chi connectivity index (χ4v) is 5.46. The Morgan fingerprint density at radius 2 is 2.00 bits per heavy atom. The molecule has 2 aliphatic rings. The highest BCUT2D eigenvalue weighted by molar-refractivity contribution is 14.0. The molecule has 0 spiro atoms. The number of hydrogen-bond acceptors (Lipinski definition) is 4. The van der Waals surface area contributed by atoms with Crippen molar-refractivity contribution in [2.45, 2.75) is 38.4 Å². The summed E-state index contributed by atoms with van der Waals surface area (Å²) >= 11 is 2.03. The van der Waals surface area contributed by atoms with Gasteiger partial charge in [-0.3, -0.25) is 4.99 Å². The standard InChI is InChI=1S/C15H29N3O2S2.HI/c1-4-16-14(17-11-13-5-8-21-9-6-13)18-7-10-22(19,20)15(2,3)12-18;/h13H,4-12H2,1-3H3,(H,16,17);1H. The first-order valence-electron chi connectivity index (χ1n) is 8.19. The zero-order valence-corrected chi connectivity index (χ0v) is 18.3. The van der Waals surface area contributed by atoms with Crippen LogP contribution in [0.2, 0.25) is 0 Å². The van der Waals surface area contributed by atoms with E-state index < -0.39 is 14.6 Å². The van der Waals surface area contributed by atoms with Crippen molar-refractivity contribution in [2.75, 3.05) is 43.4 Å². The highest BCUT2D eigenvalue weighted by Gasteiger charge is 2.40. The fraction of sp³-hybridized carbons (Fsp3) is 0.933. The molecule has 1 N–H and O–H groups in total. The lowest BCUT2D eigenvalue weighted by molar-refractivity contribution is 0.351. The van der Waals surface area contributed by atoms with Crippen molar-refractivity contribution in [3.63, 3.8) is 0 Å². The molecule has 0 aromatic carbocycles. The van der Waals surface area contributed by atoms with Crippen molar-refractivity contribution in [3.8, 4) is 0 Å². The highest BCUT2D eigenvalue weighted by atomic mass is 127. The van der Waals surface area contributed by atoms with Crippen LogP contribution in [0.4, 0.5) is 0 Å². The molecule has 5 nitrogen and oxygen atoms in total. The molecule has 2 fully saturated rings. The minimum absolute atomic E-state index is 0. The number of nitrogens with zero attached hydrogens (tertiary/aromatic N) is 2. The number of aliphatic imine (C=N–C) groups is 1. The normalized spacial score (nSPS) is 24.8. The van der Waals surface area contributed by atoms with E-state index in [1.165, 1.54) is 24.3 Å². The van der Waals surface area contributed by atoms with Gasteiger partial charge in [-0.2, -0.15) is 11.8 Å². The summed E-state index contributed by atoms with van der Waals surface area (Å²) in [4.78, 5) is 6.91. The summed E-state index contributed by atoms with van der Waals surface area (Å²) in [6, 6.07) is 0. The maximum Gasteiger partial charge on any atom is 0.194 e. The van der Waals surface area contributed by atoms with Crippen LogP contribution < -0.4 is 5.32 Å². The minimum atomic E-state index is -3.00. The van der Waals surface area contributed by atoms with E-state index in [-0.39, 0.29) is 29.7 Å². The van der Waals surface area contributed by atoms with Crippen molar-refractivity contribution in [2.24, 2.45) is 10.9 Å². The average molecular weight is 475 g/mol. The molecule has 0 atom stereocenters. The van der Waals surface area contributed by atoms with Crippen LogP contribution in [0.3, 0.4) is 0 Å². The van der Waals surface area contributed by atoms with E-state index in [0.717, 1.165) is 19.0 Å². The first kappa shape index (κ1) is 21.3. The molecule has 0 unspecified atom stereocenters. The molecule has 0 aromatic rings. The Labute approximate surface area is 162 Å². The monoisotopic (exact) mass is 475 g/mol. The predicted octanol–water partition coefficient (Wildman–Crippen LogP) is 2.22. The van der Waals surface area contributed by atoms with Crippen LogP contribution in [0.1, 0.15) is 33.6 Å². The van der Waals surface area contributed by atoms with Crippen LogP contribution in [0, 0.1) is 5.92 Å². The van der Waals surface area contributed by atoms with E-state index in [1.807, 2.05) is 25.6 Å². The van der Waals surface area contributed by atoms with Crippen LogP contribution >= 0.6 is 35.7 Å². The predicted molar refractivity (Wildman–Crippen MR) is 111 cm³/mol. The summed E-state index contributed by atoms with van der Waals surface area (Å²) in [6.45, 7) is 8.40. The Balaban J connectivity index is 0.00000264. The first-order valence-corrected chi connectivity index (χ1v) is 11.0. The number of thioether (sulfide) groups is 1. The minimum Gasteiger partial charge on any atom is -0.357 e. The van der Waals surface area contributed by atoms with Gasteiger partial charge < -0.3 is 10.2 Å². The van der Waals surface area contributed by atoms with Gasteiger partial charge in [0.05, 0.1) is 10.5 Å². The zero-order valence-electron chi connectivity index (χ0n) is 14.4. The Morgan fingerprint density at radius 3 is 2.57 bits per heavy atom. The van der Waals surface area contributed by atoms with Gasteiger partial charge in [0.1, 0.15) is 0 Å².